The third-order valence-electron chi connectivity index (χ3n) is 3.32. The molecule has 0 spiro atoms. The third-order valence-corrected chi connectivity index (χ3v) is 4.32. The Morgan fingerprint density at radius 3 is 2.65 bits per heavy atom. The lowest BCUT2D eigenvalue weighted by atomic mass is 10.1. The van der Waals surface area contributed by atoms with Gasteiger partial charge in [-0.05, 0) is 38.1 Å². The van der Waals surface area contributed by atoms with Crippen molar-refractivity contribution < 1.29 is 13.9 Å². The van der Waals surface area contributed by atoms with Gasteiger partial charge in [-0.2, -0.15) is 0 Å². The molecule has 0 atom stereocenters. The van der Waals surface area contributed by atoms with Gasteiger partial charge in [-0.3, -0.25) is 4.79 Å². The van der Waals surface area contributed by atoms with Gasteiger partial charge in [0.2, 0.25) is 5.78 Å². The highest BCUT2D eigenvalue weighted by atomic mass is 32.1. The second-order valence-electron chi connectivity index (χ2n) is 4.66. The van der Waals surface area contributed by atoms with Crippen molar-refractivity contribution in [2.24, 2.45) is 0 Å². The molecule has 3 aromatic rings. The maximum absolute atomic E-state index is 12.5. The van der Waals surface area contributed by atoms with Gasteiger partial charge in [0.1, 0.15) is 11.3 Å². The average molecular weight is 286 g/mol. The molecule has 0 saturated carbocycles. The Morgan fingerprint density at radius 1 is 1.20 bits per heavy atom. The number of furan rings is 1. The minimum absolute atomic E-state index is 0.0595. The van der Waals surface area contributed by atoms with E-state index in [2.05, 4.69) is 0 Å². The molecule has 0 aliphatic carbocycles. The SMILES string of the molecule is COc1ccc2c(C)c(C(=O)c3ccc(C)s3)oc2c1. The molecule has 3 nitrogen and oxygen atoms in total. The predicted octanol–water partition coefficient (Wildman–Crippen LogP) is 4.35. The Bertz CT molecular complexity index is 795. The molecular weight excluding hydrogens is 272 g/mol. The van der Waals surface area contributed by atoms with E-state index >= 15 is 0 Å². The standard InChI is InChI=1S/C16H14O3S/c1-9-4-7-14(20-9)15(17)16-10(2)12-6-5-11(18-3)8-13(12)19-16/h4-8H,1-3H3. The summed E-state index contributed by atoms with van der Waals surface area (Å²) in [6.07, 6.45) is 0. The molecule has 2 aromatic heterocycles. The fourth-order valence-electron chi connectivity index (χ4n) is 2.22. The van der Waals surface area contributed by atoms with E-state index in [1.165, 1.54) is 11.3 Å². The largest absolute Gasteiger partial charge is 0.497 e. The number of ketones is 1. The van der Waals surface area contributed by atoms with Crippen LogP contribution in [0, 0.1) is 13.8 Å². The molecule has 0 N–H and O–H groups in total. The fraction of sp³-hybridized carbons (Fsp3) is 0.188. The molecule has 0 saturated heterocycles. The summed E-state index contributed by atoms with van der Waals surface area (Å²) in [6.45, 7) is 3.89. The van der Waals surface area contributed by atoms with Gasteiger partial charge in [0.15, 0.2) is 5.76 Å². The Labute approximate surface area is 120 Å². The van der Waals surface area contributed by atoms with Crippen LogP contribution in [0.1, 0.15) is 25.9 Å². The van der Waals surface area contributed by atoms with E-state index < -0.39 is 0 Å². The van der Waals surface area contributed by atoms with Gasteiger partial charge < -0.3 is 9.15 Å². The van der Waals surface area contributed by atoms with Gasteiger partial charge in [0, 0.05) is 21.9 Å². The number of ether oxygens (including phenoxy) is 1. The van der Waals surface area contributed by atoms with Gasteiger partial charge in [-0.25, -0.2) is 0 Å². The quantitative estimate of drug-likeness (QED) is 0.672. The summed E-state index contributed by atoms with van der Waals surface area (Å²) >= 11 is 1.48. The van der Waals surface area contributed by atoms with Crippen LogP contribution in [0.15, 0.2) is 34.7 Å². The van der Waals surface area contributed by atoms with Gasteiger partial charge in [-0.1, -0.05) is 0 Å². The smallest absolute Gasteiger partial charge is 0.238 e. The van der Waals surface area contributed by atoms with E-state index in [-0.39, 0.29) is 5.78 Å². The van der Waals surface area contributed by atoms with Crippen LogP contribution in [-0.2, 0) is 0 Å². The zero-order valence-corrected chi connectivity index (χ0v) is 12.3. The molecule has 3 rings (SSSR count). The summed E-state index contributed by atoms with van der Waals surface area (Å²) in [4.78, 5) is 14.3. The highest BCUT2D eigenvalue weighted by Gasteiger charge is 2.20. The molecule has 4 heteroatoms. The first kappa shape index (κ1) is 12.9. The van der Waals surface area contributed by atoms with Gasteiger partial charge >= 0.3 is 0 Å². The maximum Gasteiger partial charge on any atom is 0.238 e. The minimum Gasteiger partial charge on any atom is -0.497 e. The van der Waals surface area contributed by atoms with Crippen molar-refractivity contribution in [1.82, 2.24) is 0 Å². The lowest BCUT2D eigenvalue weighted by Crippen LogP contribution is -1.98. The molecule has 0 fully saturated rings. The summed E-state index contributed by atoms with van der Waals surface area (Å²) in [5.74, 6) is 1.07. The first-order valence-corrected chi connectivity index (χ1v) is 7.10. The Balaban J connectivity index is 2.12. The monoisotopic (exact) mass is 286 g/mol. The number of carbonyl (C=O) groups excluding carboxylic acids is 1. The third kappa shape index (κ3) is 2.02. The van der Waals surface area contributed by atoms with E-state index in [9.17, 15) is 4.79 Å². The number of rotatable bonds is 3. The van der Waals surface area contributed by atoms with E-state index in [1.807, 2.05) is 38.1 Å². The number of fused-ring (bicyclic) bond motifs is 1. The van der Waals surface area contributed by atoms with Crippen molar-refractivity contribution in [3.05, 3.63) is 51.4 Å². The molecule has 0 bridgehead atoms. The van der Waals surface area contributed by atoms with Crippen molar-refractivity contribution in [3.8, 4) is 5.75 Å². The average Bonchev–Trinajstić information content (AvgIpc) is 3.02. The van der Waals surface area contributed by atoms with Gasteiger partial charge in [-0.15, -0.1) is 11.3 Å². The number of methoxy groups -OCH3 is 1. The van der Waals surface area contributed by atoms with Crippen LogP contribution in [0.5, 0.6) is 5.75 Å². The number of aryl methyl sites for hydroxylation is 2. The van der Waals surface area contributed by atoms with Crippen LogP contribution in [0.3, 0.4) is 0 Å². The first-order valence-electron chi connectivity index (χ1n) is 6.28. The van der Waals surface area contributed by atoms with Crippen LogP contribution in [0.2, 0.25) is 0 Å². The number of thiophene rings is 1. The molecule has 102 valence electrons. The number of benzene rings is 1. The van der Waals surface area contributed by atoms with Crippen LogP contribution < -0.4 is 4.74 Å². The van der Waals surface area contributed by atoms with Crippen LogP contribution >= 0.6 is 11.3 Å². The summed E-state index contributed by atoms with van der Waals surface area (Å²) in [7, 11) is 1.61. The second-order valence-corrected chi connectivity index (χ2v) is 5.95. The Hall–Kier alpha value is -2.07. The molecule has 2 heterocycles. The van der Waals surface area contributed by atoms with E-state index in [1.54, 1.807) is 13.2 Å². The lowest BCUT2D eigenvalue weighted by Gasteiger charge is -1.97. The highest BCUT2D eigenvalue weighted by molar-refractivity contribution is 7.14. The van der Waals surface area contributed by atoms with Crippen molar-refractivity contribution in [2.45, 2.75) is 13.8 Å². The zero-order chi connectivity index (χ0) is 14.3. The number of carbonyl (C=O) groups is 1. The van der Waals surface area contributed by atoms with E-state index in [4.69, 9.17) is 9.15 Å². The molecule has 1 aromatic carbocycles. The van der Waals surface area contributed by atoms with Crippen molar-refractivity contribution >= 4 is 28.1 Å². The van der Waals surface area contributed by atoms with Gasteiger partial charge in [0.25, 0.3) is 0 Å². The maximum atomic E-state index is 12.5. The van der Waals surface area contributed by atoms with Crippen LogP contribution in [0.4, 0.5) is 0 Å². The molecule has 0 aliphatic rings. The van der Waals surface area contributed by atoms with Crippen LogP contribution in [-0.4, -0.2) is 12.9 Å². The molecule has 0 unspecified atom stereocenters. The Kier molecular flexibility index (Phi) is 3.10. The minimum atomic E-state index is -0.0595. The fourth-order valence-corrected chi connectivity index (χ4v) is 3.02. The zero-order valence-electron chi connectivity index (χ0n) is 11.5. The highest BCUT2D eigenvalue weighted by Crippen LogP contribution is 2.31. The summed E-state index contributed by atoms with van der Waals surface area (Å²) in [5, 5.41) is 0.947. The van der Waals surface area contributed by atoms with Gasteiger partial charge in [0.05, 0.1) is 12.0 Å². The van der Waals surface area contributed by atoms with Crippen molar-refractivity contribution in [1.29, 1.82) is 0 Å². The molecule has 0 radical (unpaired) electrons. The van der Waals surface area contributed by atoms with Crippen molar-refractivity contribution in [2.75, 3.05) is 7.11 Å². The molecule has 0 aliphatic heterocycles. The van der Waals surface area contributed by atoms with E-state index in [0.29, 0.717) is 16.2 Å². The van der Waals surface area contributed by atoms with Crippen LogP contribution in [0.25, 0.3) is 11.0 Å². The summed E-state index contributed by atoms with van der Waals surface area (Å²) < 4.78 is 10.9. The summed E-state index contributed by atoms with van der Waals surface area (Å²) in [5.41, 5.74) is 1.55. The van der Waals surface area contributed by atoms with E-state index in [0.717, 1.165) is 21.6 Å². The normalized spacial score (nSPS) is 10.9. The van der Waals surface area contributed by atoms with Crippen molar-refractivity contribution in [3.63, 3.8) is 0 Å². The summed E-state index contributed by atoms with van der Waals surface area (Å²) in [6, 6.07) is 9.38. The lowest BCUT2D eigenvalue weighted by molar-refractivity contribution is 0.101. The Morgan fingerprint density at radius 2 is 2.00 bits per heavy atom. The predicted molar refractivity (Wildman–Crippen MR) is 80.0 cm³/mol. The molecule has 0 amide bonds. The second kappa shape index (κ2) is 4.80. The topological polar surface area (TPSA) is 39.4 Å². The number of hydrogen-bond acceptors (Lipinski definition) is 4. The number of hydrogen-bond donors (Lipinski definition) is 0. The first-order chi connectivity index (χ1) is 9.60. The molecule has 20 heavy (non-hydrogen) atoms. The molecular formula is C16H14O3S.